The molecule has 1 amide bonds. The Labute approximate surface area is 151 Å². The highest BCUT2D eigenvalue weighted by molar-refractivity contribution is 6.03. The summed E-state index contributed by atoms with van der Waals surface area (Å²) in [5, 5.41) is 4.82. The van der Waals surface area contributed by atoms with E-state index in [2.05, 4.69) is 20.6 Å². The second kappa shape index (κ2) is 7.40. The van der Waals surface area contributed by atoms with Crippen LogP contribution in [-0.2, 0) is 0 Å². The highest BCUT2D eigenvalue weighted by Crippen LogP contribution is 2.23. The summed E-state index contributed by atoms with van der Waals surface area (Å²) >= 11 is 0. The molecule has 0 saturated heterocycles. The Morgan fingerprint density at radius 1 is 0.889 bits per heavy atom. The Balaban J connectivity index is 1.86. The normalized spacial score (nSPS) is 10.6. The number of nitrogens with zero attached hydrogens (tertiary/aromatic N) is 2. The van der Waals surface area contributed by atoms with E-state index >= 15 is 0 Å². The SMILES string of the molecule is Cc1nc(Nc2c(F)cccc2F)cc(C(=O)Nc2ccc(F)c(F)c2)n1. The van der Waals surface area contributed by atoms with Gasteiger partial charge in [0.2, 0.25) is 0 Å². The maximum atomic E-state index is 13.8. The predicted molar refractivity (Wildman–Crippen MR) is 90.7 cm³/mol. The summed E-state index contributed by atoms with van der Waals surface area (Å²) in [5.41, 5.74) is -0.543. The van der Waals surface area contributed by atoms with Gasteiger partial charge in [0.05, 0.1) is 0 Å². The molecule has 0 aliphatic carbocycles. The average molecular weight is 376 g/mol. The smallest absolute Gasteiger partial charge is 0.274 e. The van der Waals surface area contributed by atoms with Crippen LogP contribution in [0.5, 0.6) is 0 Å². The number of para-hydroxylation sites is 1. The molecule has 2 aromatic carbocycles. The first-order valence-electron chi connectivity index (χ1n) is 7.66. The Morgan fingerprint density at radius 3 is 2.26 bits per heavy atom. The first-order chi connectivity index (χ1) is 12.8. The first kappa shape index (κ1) is 18.3. The fourth-order valence-electron chi connectivity index (χ4n) is 2.26. The van der Waals surface area contributed by atoms with E-state index in [0.717, 1.165) is 24.3 Å². The molecule has 5 nitrogen and oxygen atoms in total. The third-order valence-corrected chi connectivity index (χ3v) is 3.46. The van der Waals surface area contributed by atoms with E-state index in [9.17, 15) is 22.4 Å². The molecule has 0 radical (unpaired) electrons. The summed E-state index contributed by atoms with van der Waals surface area (Å²) in [4.78, 5) is 20.2. The molecule has 0 spiro atoms. The highest BCUT2D eigenvalue weighted by atomic mass is 19.2. The van der Waals surface area contributed by atoms with Gasteiger partial charge in [-0.3, -0.25) is 4.79 Å². The molecule has 0 unspecified atom stereocenters. The van der Waals surface area contributed by atoms with Crippen LogP contribution in [0.15, 0.2) is 42.5 Å². The molecular weight excluding hydrogens is 364 g/mol. The van der Waals surface area contributed by atoms with Crippen LogP contribution in [0.2, 0.25) is 0 Å². The van der Waals surface area contributed by atoms with Gasteiger partial charge >= 0.3 is 0 Å². The molecule has 0 aliphatic heterocycles. The lowest BCUT2D eigenvalue weighted by atomic mass is 10.2. The standard InChI is InChI=1S/C18H12F4N4O/c1-9-23-15(18(27)25-10-5-6-11(19)14(22)7-10)8-16(24-9)26-17-12(20)3-2-4-13(17)21/h2-8H,1H3,(H,25,27)(H,23,24,26). The molecule has 0 bridgehead atoms. The number of nitrogens with one attached hydrogen (secondary N) is 2. The lowest BCUT2D eigenvalue weighted by molar-refractivity contribution is 0.102. The van der Waals surface area contributed by atoms with Gasteiger partial charge in [-0.15, -0.1) is 0 Å². The van der Waals surface area contributed by atoms with Crippen LogP contribution >= 0.6 is 0 Å². The van der Waals surface area contributed by atoms with Crippen molar-refractivity contribution in [1.82, 2.24) is 9.97 Å². The van der Waals surface area contributed by atoms with Gasteiger partial charge in [0.25, 0.3) is 5.91 Å². The van der Waals surface area contributed by atoms with Crippen LogP contribution in [0.25, 0.3) is 0 Å². The third-order valence-electron chi connectivity index (χ3n) is 3.46. The predicted octanol–water partition coefficient (Wildman–Crippen LogP) is 4.34. The molecule has 3 rings (SSSR count). The molecule has 0 aliphatic rings. The largest absolute Gasteiger partial charge is 0.335 e. The number of anilines is 3. The van der Waals surface area contributed by atoms with E-state index in [0.29, 0.717) is 0 Å². The van der Waals surface area contributed by atoms with Gasteiger partial charge in [-0.2, -0.15) is 0 Å². The van der Waals surface area contributed by atoms with Gasteiger partial charge in [-0.05, 0) is 31.2 Å². The quantitative estimate of drug-likeness (QED) is 0.665. The summed E-state index contributed by atoms with van der Waals surface area (Å²) in [6.07, 6.45) is 0. The van der Waals surface area contributed by atoms with Gasteiger partial charge in [-0.25, -0.2) is 27.5 Å². The number of carbonyl (C=O) groups excluding carboxylic acids is 1. The van der Waals surface area contributed by atoms with Crippen molar-refractivity contribution in [3.8, 4) is 0 Å². The minimum atomic E-state index is -1.12. The fraction of sp³-hybridized carbons (Fsp3) is 0.0556. The molecule has 1 heterocycles. The minimum absolute atomic E-state index is 0.0121. The number of hydrogen-bond acceptors (Lipinski definition) is 4. The number of aryl methyl sites for hydroxylation is 1. The van der Waals surface area contributed by atoms with Crippen LogP contribution < -0.4 is 10.6 Å². The average Bonchev–Trinajstić information content (AvgIpc) is 2.61. The zero-order valence-electron chi connectivity index (χ0n) is 13.9. The van der Waals surface area contributed by atoms with Gasteiger partial charge in [0.1, 0.15) is 34.7 Å². The minimum Gasteiger partial charge on any atom is -0.335 e. The van der Waals surface area contributed by atoms with Crippen molar-refractivity contribution in [1.29, 1.82) is 0 Å². The summed E-state index contributed by atoms with van der Waals surface area (Å²) in [6.45, 7) is 1.48. The van der Waals surface area contributed by atoms with Gasteiger partial charge in [-0.1, -0.05) is 6.07 Å². The van der Waals surface area contributed by atoms with Crippen molar-refractivity contribution in [2.75, 3.05) is 10.6 Å². The number of carbonyl (C=O) groups is 1. The molecule has 0 atom stereocenters. The van der Waals surface area contributed by atoms with Crippen LogP contribution in [0.4, 0.5) is 34.8 Å². The molecule has 0 saturated carbocycles. The van der Waals surface area contributed by atoms with E-state index in [1.54, 1.807) is 0 Å². The monoisotopic (exact) mass is 376 g/mol. The Kier molecular flexibility index (Phi) is 5.02. The molecule has 27 heavy (non-hydrogen) atoms. The molecule has 9 heteroatoms. The van der Waals surface area contributed by atoms with Crippen LogP contribution in [0.3, 0.4) is 0 Å². The van der Waals surface area contributed by atoms with Crippen molar-refractivity contribution < 1.29 is 22.4 Å². The van der Waals surface area contributed by atoms with Crippen LogP contribution in [0, 0.1) is 30.2 Å². The molecule has 2 N–H and O–H groups in total. The summed E-state index contributed by atoms with van der Waals surface area (Å²) < 4.78 is 53.7. The van der Waals surface area contributed by atoms with Crippen molar-refractivity contribution in [3.63, 3.8) is 0 Å². The van der Waals surface area contributed by atoms with E-state index < -0.39 is 34.9 Å². The van der Waals surface area contributed by atoms with Crippen molar-refractivity contribution in [3.05, 3.63) is 77.3 Å². The topological polar surface area (TPSA) is 66.9 Å². The number of halogens is 4. The van der Waals surface area contributed by atoms with Crippen LogP contribution in [-0.4, -0.2) is 15.9 Å². The van der Waals surface area contributed by atoms with Crippen molar-refractivity contribution in [2.45, 2.75) is 6.92 Å². The Hall–Kier alpha value is -3.49. The third kappa shape index (κ3) is 4.20. The van der Waals surface area contributed by atoms with E-state index in [-0.39, 0.29) is 23.0 Å². The number of rotatable bonds is 4. The molecular formula is C18H12F4N4O. The Morgan fingerprint density at radius 2 is 1.59 bits per heavy atom. The maximum Gasteiger partial charge on any atom is 0.274 e. The summed E-state index contributed by atoms with van der Waals surface area (Å²) in [5.74, 6) is -4.43. The second-order valence-electron chi connectivity index (χ2n) is 5.49. The lowest BCUT2D eigenvalue weighted by Crippen LogP contribution is -2.15. The zero-order chi connectivity index (χ0) is 19.6. The lowest BCUT2D eigenvalue weighted by Gasteiger charge is -2.10. The number of hydrogen-bond donors (Lipinski definition) is 2. The second-order valence-corrected chi connectivity index (χ2v) is 5.49. The highest BCUT2D eigenvalue weighted by Gasteiger charge is 2.14. The van der Waals surface area contributed by atoms with E-state index in [1.165, 1.54) is 25.1 Å². The van der Waals surface area contributed by atoms with Gasteiger partial charge in [0.15, 0.2) is 11.6 Å². The first-order valence-corrected chi connectivity index (χ1v) is 7.66. The molecule has 1 aromatic heterocycles. The van der Waals surface area contributed by atoms with Gasteiger partial charge < -0.3 is 10.6 Å². The van der Waals surface area contributed by atoms with Crippen LogP contribution in [0.1, 0.15) is 16.3 Å². The van der Waals surface area contributed by atoms with Gasteiger partial charge in [0, 0.05) is 17.8 Å². The summed E-state index contributed by atoms with van der Waals surface area (Å²) in [7, 11) is 0. The van der Waals surface area contributed by atoms with Crippen molar-refractivity contribution >= 4 is 23.1 Å². The van der Waals surface area contributed by atoms with Crippen molar-refractivity contribution in [2.24, 2.45) is 0 Å². The number of benzene rings is 2. The number of amides is 1. The van der Waals surface area contributed by atoms with E-state index in [1.807, 2.05) is 0 Å². The fourth-order valence-corrected chi connectivity index (χ4v) is 2.26. The Bertz CT molecular complexity index is 1010. The van der Waals surface area contributed by atoms with E-state index in [4.69, 9.17) is 0 Å². The molecule has 0 fully saturated rings. The maximum absolute atomic E-state index is 13.8. The molecule has 3 aromatic rings. The summed E-state index contributed by atoms with van der Waals surface area (Å²) in [6, 6.07) is 7.37. The zero-order valence-corrected chi connectivity index (χ0v) is 13.9. The number of aromatic nitrogens is 2. The molecule has 138 valence electrons.